The molecule has 1 saturated carbocycles. The van der Waals surface area contributed by atoms with Crippen LogP contribution in [0.15, 0.2) is 6.07 Å². The molecule has 0 radical (unpaired) electrons. The van der Waals surface area contributed by atoms with Gasteiger partial charge in [-0.3, -0.25) is 0 Å². The molecule has 19 heavy (non-hydrogen) atoms. The molecule has 3 unspecified atom stereocenters. The van der Waals surface area contributed by atoms with Crippen LogP contribution < -0.4 is 5.32 Å². The van der Waals surface area contributed by atoms with Gasteiger partial charge in [0, 0.05) is 15.8 Å². The third-order valence-corrected chi connectivity index (χ3v) is 6.62. The zero-order chi connectivity index (χ0) is 13.2. The molecule has 3 rings (SSSR count). The van der Waals surface area contributed by atoms with Crippen molar-refractivity contribution in [3.05, 3.63) is 21.4 Å². The zero-order valence-electron chi connectivity index (χ0n) is 12.4. The molecule has 1 heterocycles. The lowest BCUT2D eigenvalue weighted by molar-refractivity contribution is 0.182. The summed E-state index contributed by atoms with van der Waals surface area (Å²) in [6.07, 6.45) is 11.1. The molecule has 0 amide bonds. The van der Waals surface area contributed by atoms with Gasteiger partial charge in [-0.1, -0.05) is 32.6 Å². The van der Waals surface area contributed by atoms with Gasteiger partial charge < -0.3 is 5.32 Å². The van der Waals surface area contributed by atoms with E-state index in [1.165, 1.54) is 51.4 Å². The third kappa shape index (κ3) is 2.62. The zero-order valence-corrected chi connectivity index (χ0v) is 13.2. The molecule has 0 aliphatic heterocycles. The molecule has 2 aliphatic rings. The van der Waals surface area contributed by atoms with Crippen LogP contribution in [-0.4, -0.2) is 7.05 Å². The average Bonchev–Trinajstić information content (AvgIpc) is 3.01. The molecule has 1 nitrogen and oxygen atoms in total. The Morgan fingerprint density at radius 2 is 2.11 bits per heavy atom. The first-order valence-corrected chi connectivity index (χ1v) is 8.94. The standard InChI is InChI=1S/C17H27NS/c1-3-12-7-4-5-9-14(12)17(18-2)16-11-13-8-6-10-15(13)19-16/h11-12,14,17-18H,3-10H2,1-2H3. The Morgan fingerprint density at radius 1 is 1.26 bits per heavy atom. The fourth-order valence-electron chi connectivity index (χ4n) is 4.25. The second-order valence-corrected chi connectivity index (χ2v) is 7.50. The second-order valence-electron chi connectivity index (χ2n) is 6.33. The van der Waals surface area contributed by atoms with Crippen molar-refractivity contribution in [2.45, 2.75) is 64.3 Å². The highest BCUT2D eigenvalue weighted by Crippen LogP contribution is 2.43. The van der Waals surface area contributed by atoms with Crippen LogP contribution in [0.5, 0.6) is 0 Å². The minimum atomic E-state index is 0.612. The number of nitrogens with one attached hydrogen (secondary N) is 1. The van der Waals surface area contributed by atoms with Gasteiger partial charge in [0.05, 0.1) is 0 Å². The summed E-state index contributed by atoms with van der Waals surface area (Å²) in [5, 5.41) is 3.65. The van der Waals surface area contributed by atoms with Gasteiger partial charge in [0.15, 0.2) is 0 Å². The fourth-order valence-corrected chi connectivity index (χ4v) is 5.70. The quantitative estimate of drug-likeness (QED) is 0.840. The Balaban J connectivity index is 1.82. The van der Waals surface area contributed by atoms with Crippen molar-refractivity contribution in [3.63, 3.8) is 0 Å². The van der Waals surface area contributed by atoms with Crippen molar-refractivity contribution in [2.24, 2.45) is 11.8 Å². The smallest absolute Gasteiger partial charge is 0.0443 e. The van der Waals surface area contributed by atoms with E-state index < -0.39 is 0 Å². The Kier molecular flexibility index (Phi) is 4.28. The van der Waals surface area contributed by atoms with Crippen LogP contribution in [0, 0.1) is 11.8 Å². The number of hydrogen-bond donors (Lipinski definition) is 1. The summed E-state index contributed by atoms with van der Waals surface area (Å²) in [6.45, 7) is 2.38. The molecule has 2 heteroatoms. The Morgan fingerprint density at radius 3 is 2.84 bits per heavy atom. The Hall–Kier alpha value is -0.340. The van der Waals surface area contributed by atoms with E-state index in [1.807, 2.05) is 0 Å². The molecule has 1 fully saturated rings. The van der Waals surface area contributed by atoms with Gasteiger partial charge >= 0.3 is 0 Å². The van der Waals surface area contributed by atoms with Crippen molar-refractivity contribution in [1.29, 1.82) is 0 Å². The molecule has 2 aliphatic carbocycles. The highest BCUT2D eigenvalue weighted by Gasteiger charge is 2.32. The summed E-state index contributed by atoms with van der Waals surface area (Å²) >= 11 is 2.10. The topological polar surface area (TPSA) is 12.0 Å². The van der Waals surface area contributed by atoms with Crippen molar-refractivity contribution in [2.75, 3.05) is 7.05 Å². The molecule has 106 valence electrons. The highest BCUT2D eigenvalue weighted by molar-refractivity contribution is 7.12. The molecule has 0 spiro atoms. The van der Waals surface area contributed by atoms with Crippen molar-refractivity contribution >= 4 is 11.3 Å². The molecule has 1 aromatic heterocycles. The maximum atomic E-state index is 3.65. The van der Waals surface area contributed by atoms with Gasteiger partial charge in [-0.25, -0.2) is 0 Å². The molecule has 0 bridgehead atoms. The average molecular weight is 277 g/mol. The normalized spacial score (nSPS) is 28.3. The van der Waals surface area contributed by atoms with Gasteiger partial charge in [-0.15, -0.1) is 11.3 Å². The Labute approximate surface area is 121 Å². The van der Waals surface area contributed by atoms with Gasteiger partial charge in [0.1, 0.15) is 0 Å². The lowest BCUT2D eigenvalue weighted by Crippen LogP contribution is -2.32. The number of rotatable bonds is 4. The molecule has 0 saturated heterocycles. The van der Waals surface area contributed by atoms with Gasteiger partial charge in [0.2, 0.25) is 0 Å². The lowest BCUT2D eigenvalue weighted by atomic mass is 9.73. The third-order valence-electron chi connectivity index (χ3n) is 5.30. The molecule has 3 atom stereocenters. The van der Waals surface area contributed by atoms with E-state index in [0.717, 1.165) is 11.8 Å². The summed E-state index contributed by atoms with van der Waals surface area (Å²) in [5.41, 5.74) is 1.66. The number of aryl methyl sites for hydroxylation is 2. The van der Waals surface area contributed by atoms with Crippen LogP contribution in [0.3, 0.4) is 0 Å². The van der Waals surface area contributed by atoms with Crippen molar-refractivity contribution in [3.8, 4) is 0 Å². The summed E-state index contributed by atoms with van der Waals surface area (Å²) in [4.78, 5) is 3.30. The van der Waals surface area contributed by atoms with Crippen LogP contribution in [-0.2, 0) is 12.8 Å². The van der Waals surface area contributed by atoms with Gasteiger partial charge in [0.25, 0.3) is 0 Å². The molecular formula is C17H27NS. The molecule has 0 aromatic carbocycles. The SMILES string of the molecule is CCC1CCCCC1C(NC)c1cc2c(s1)CCC2. The summed E-state index contributed by atoms with van der Waals surface area (Å²) in [7, 11) is 2.16. The van der Waals surface area contributed by atoms with Crippen LogP contribution in [0.25, 0.3) is 0 Å². The second kappa shape index (κ2) is 5.97. The minimum absolute atomic E-state index is 0.612. The summed E-state index contributed by atoms with van der Waals surface area (Å²) in [5.74, 6) is 1.80. The minimum Gasteiger partial charge on any atom is -0.312 e. The van der Waals surface area contributed by atoms with Crippen LogP contribution in [0.2, 0.25) is 0 Å². The predicted molar refractivity (Wildman–Crippen MR) is 83.9 cm³/mol. The fraction of sp³-hybridized carbons (Fsp3) is 0.765. The monoisotopic (exact) mass is 277 g/mol. The lowest BCUT2D eigenvalue weighted by Gasteiger charge is -2.36. The van der Waals surface area contributed by atoms with E-state index in [4.69, 9.17) is 0 Å². The maximum Gasteiger partial charge on any atom is 0.0443 e. The summed E-state index contributed by atoms with van der Waals surface area (Å²) < 4.78 is 0. The molecular weight excluding hydrogens is 250 g/mol. The maximum absolute atomic E-state index is 3.65. The summed E-state index contributed by atoms with van der Waals surface area (Å²) in [6, 6.07) is 3.14. The van der Waals surface area contributed by atoms with Crippen LogP contribution >= 0.6 is 11.3 Å². The van der Waals surface area contributed by atoms with E-state index in [9.17, 15) is 0 Å². The van der Waals surface area contributed by atoms with E-state index in [2.05, 4.69) is 36.7 Å². The number of thiophene rings is 1. The first kappa shape index (κ1) is 13.6. The van der Waals surface area contributed by atoms with Crippen molar-refractivity contribution < 1.29 is 0 Å². The first-order valence-electron chi connectivity index (χ1n) is 8.12. The van der Waals surface area contributed by atoms with E-state index in [0.29, 0.717) is 6.04 Å². The highest BCUT2D eigenvalue weighted by atomic mass is 32.1. The predicted octanol–water partition coefficient (Wildman–Crippen LogP) is 4.71. The van der Waals surface area contributed by atoms with Gasteiger partial charge in [-0.2, -0.15) is 0 Å². The van der Waals surface area contributed by atoms with Gasteiger partial charge in [-0.05, 0) is 56.2 Å². The molecule has 1 aromatic rings. The number of hydrogen-bond acceptors (Lipinski definition) is 2. The molecule has 1 N–H and O–H groups in total. The number of fused-ring (bicyclic) bond motifs is 1. The largest absolute Gasteiger partial charge is 0.312 e. The first-order chi connectivity index (χ1) is 9.33. The Bertz CT molecular complexity index is 401. The van der Waals surface area contributed by atoms with Crippen molar-refractivity contribution in [1.82, 2.24) is 5.32 Å². The van der Waals surface area contributed by atoms with Crippen LogP contribution in [0.1, 0.15) is 66.8 Å². The van der Waals surface area contributed by atoms with E-state index in [-0.39, 0.29) is 0 Å². The van der Waals surface area contributed by atoms with E-state index in [1.54, 1.807) is 15.3 Å². The van der Waals surface area contributed by atoms with E-state index >= 15 is 0 Å². The van der Waals surface area contributed by atoms with Crippen LogP contribution in [0.4, 0.5) is 0 Å².